The lowest BCUT2D eigenvalue weighted by Crippen LogP contribution is -2.38. The molecule has 1 saturated heterocycles. The van der Waals surface area contributed by atoms with Crippen LogP contribution in [-0.2, 0) is 26.2 Å². The Morgan fingerprint density at radius 2 is 2.00 bits per heavy atom. The number of para-hydroxylation sites is 1. The van der Waals surface area contributed by atoms with Gasteiger partial charge < -0.3 is 19.7 Å². The molecular weight excluding hydrogens is 340 g/mol. The van der Waals surface area contributed by atoms with E-state index in [-0.39, 0.29) is 11.3 Å². The maximum atomic E-state index is 12.4. The first kappa shape index (κ1) is 18.0. The van der Waals surface area contributed by atoms with Gasteiger partial charge in [-0.25, -0.2) is 0 Å². The van der Waals surface area contributed by atoms with E-state index >= 15 is 0 Å². The second-order valence-electron chi connectivity index (χ2n) is 7.43. The average Bonchev–Trinajstić information content (AvgIpc) is 3.26. The van der Waals surface area contributed by atoms with Gasteiger partial charge in [-0.3, -0.25) is 4.79 Å². The van der Waals surface area contributed by atoms with Gasteiger partial charge in [0, 0.05) is 37.8 Å². The van der Waals surface area contributed by atoms with Gasteiger partial charge in [-0.1, -0.05) is 48.5 Å². The van der Waals surface area contributed by atoms with Crippen molar-refractivity contribution in [2.75, 3.05) is 38.3 Å². The number of benzene rings is 2. The van der Waals surface area contributed by atoms with Crippen LogP contribution in [0.4, 0.5) is 5.69 Å². The van der Waals surface area contributed by atoms with Crippen LogP contribution in [-0.4, -0.2) is 45.4 Å². The summed E-state index contributed by atoms with van der Waals surface area (Å²) in [5, 5.41) is 2.90. The molecule has 142 valence electrons. The number of hydrogen-bond acceptors (Lipinski definition) is 4. The van der Waals surface area contributed by atoms with Gasteiger partial charge in [-0.05, 0) is 23.6 Å². The fraction of sp³-hybridized carbons (Fsp3) is 0.409. The molecular formula is C22H26N2O3. The van der Waals surface area contributed by atoms with Gasteiger partial charge in [0.15, 0.2) is 0 Å². The zero-order chi connectivity index (χ0) is 18.7. The highest BCUT2D eigenvalue weighted by Gasteiger charge is 2.50. The van der Waals surface area contributed by atoms with E-state index in [0.717, 1.165) is 13.1 Å². The minimum absolute atomic E-state index is 0.0390. The number of rotatable bonds is 6. The molecule has 0 saturated carbocycles. The topological polar surface area (TPSA) is 50.8 Å². The minimum atomic E-state index is -0.397. The third-order valence-corrected chi connectivity index (χ3v) is 5.56. The molecule has 2 aliphatic rings. The third-order valence-electron chi connectivity index (χ3n) is 5.56. The smallest absolute Gasteiger partial charge is 0.249 e. The van der Waals surface area contributed by atoms with Crippen LogP contribution in [0, 0.1) is 0 Å². The SMILES string of the molecule is COCCNC(=O)[C@H]1C[C@@]2(CO1)CN(Cc1ccccc1)c1ccccc12. The number of methoxy groups -OCH3 is 1. The van der Waals surface area contributed by atoms with Gasteiger partial charge in [0.2, 0.25) is 5.91 Å². The van der Waals surface area contributed by atoms with Gasteiger partial charge in [0.25, 0.3) is 0 Å². The summed E-state index contributed by atoms with van der Waals surface area (Å²) in [6, 6.07) is 19.0. The summed E-state index contributed by atoms with van der Waals surface area (Å²) in [7, 11) is 1.63. The van der Waals surface area contributed by atoms with E-state index < -0.39 is 6.10 Å². The minimum Gasteiger partial charge on any atom is -0.383 e. The van der Waals surface area contributed by atoms with Crippen molar-refractivity contribution in [1.82, 2.24) is 5.32 Å². The van der Waals surface area contributed by atoms with Gasteiger partial charge in [0.05, 0.1) is 13.2 Å². The molecule has 0 aromatic heterocycles. The van der Waals surface area contributed by atoms with E-state index in [1.807, 2.05) is 6.07 Å². The van der Waals surface area contributed by atoms with Crippen LogP contribution in [0.15, 0.2) is 54.6 Å². The zero-order valence-corrected chi connectivity index (χ0v) is 15.7. The van der Waals surface area contributed by atoms with Gasteiger partial charge in [-0.15, -0.1) is 0 Å². The molecule has 5 nitrogen and oxygen atoms in total. The van der Waals surface area contributed by atoms with Crippen molar-refractivity contribution >= 4 is 11.6 Å². The lowest BCUT2D eigenvalue weighted by atomic mass is 9.80. The summed E-state index contributed by atoms with van der Waals surface area (Å²) in [6.07, 6.45) is 0.320. The zero-order valence-electron chi connectivity index (χ0n) is 15.7. The largest absolute Gasteiger partial charge is 0.383 e. The molecule has 1 N–H and O–H groups in total. The highest BCUT2D eigenvalue weighted by Crippen LogP contribution is 2.47. The number of fused-ring (bicyclic) bond motifs is 2. The Morgan fingerprint density at radius 3 is 2.81 bits per heavy atom. The van der Waals surface area contributed by atoms with Crippen LogP contribution >= 0.6 is 0 Å². The molecule has 1 fully saturated rings. The first-order valence-electron chi connectivity index (χ1n) is 9.48. The molecule has 27 heavy (non-hydrogen) atoms. The molecule has 2 heterocycles. The van der Waals surface area contributed by atoms with Crippen LogP contribution in [0.5, 0.6) is 0 Å². The number of ether oxygens (including phenoxy) is 2. The molecule has 0 bridgehead atoms. The van der Waals surface area contributed by atoms with Gasteiger partial charge in [0.1, 0.15) is 6.10 Å². The van der Waals surface area contributed by atoms with Crippen LogP contribution in [0.3, 0.4) is 0 Å². The Labute approximate surface area is 160 Å². The first-order chi connectivity index (χ1) is 13.2. The Morgan fingerprint density at radius 1 is 1.22 bits per heavy atom. The van der Waals surface area contributed by atoms with Crippen molar-refractivity contribution in [2.24, 2.45) is 0 Å². The second-order valence-corrected chi connectivity index (χ2v) is 7.43. The predicted molar refractivity (Wildman–Crippen MR) is 105 cm³/mol. The highest BCUT2D eigenvalue weighted by molar-refractivity contribution is 5.81. The van der Waals surface area contributed by atoms with Crippen LogP contribution in [0.25, 0.3) is 0 Å². The monoisotopic (exact) mass is 366 g/mol. The summed E-state index contributed by atoms with van der Waals surface area (Å²) in [4.78, 5) is 14.9. The number of carbonyl (C=O) groups excluding carboxylic acids is 1. The third kappa shape index (κ3) is 3.57. The Hall–Kier alpha value is -2.37. The first-order valence-corrected chi connectivity index (χ1v) is 9.48. The van der Waals surface area contributed by atoms with E-state index in [1.54, 1.807) is 7.11 Å². The van der Waals surface area contributed by atoms with Crippen LogP contribution in [0.1, 0.15) is 17.5 Å². The number of nitrogens with zero attached hydrogens (tertiary/aromatic N) is 1. The number of anilines is 1. The molecule has 5 heteroatoms. The second kappa shape index (κ2) is 7.71. The van der Waals surface area contributed by atoms with E-state index in [2.05, 4.69) is 58.7 Å². The molecule has 0 aliphatic carbocycles. The number of carbonyl (C=O) groups is 1. The number of nitrogens with one attached hydrogen (secondary N) is 1. The summed E-state index contributed by atoms with van der Waals surface area (Å²) in [5.41, 5.74) is 3.73. The van der Waals surface area contributed by atoms with E-state index in [9.17, 15) is 4.79 Å². The van der Waals surface area contributed by atoms with Gasteiger partial charge in [-0.2, -0.15) is 0 Å². The average molecular weight is 366 g/mol. The molecule has 2 atom stereocenters. The summed E-state index contributed by atoms with van der Waals surface area (Å²) in [6.45, 7) is 3.35. The number of amides is 1. The van der Waals surface area contributed by atoms with Gasteiger partial charge >= 0.3 is 0 Å². The van der Waals surface area contributed by atoms with Crippen molar-refractivity contribution in [1.29, 1.82) is 0 Å². The summed E-state index contributed by atoms with van der Waals surface area (Å²) in [5.74, 6) is -0.0390. The maximum absolute atomic E-state index is 12.4. The lowest BCUT2D eigenvalue weighted by molar-refractivity contribution is -0.130. The molecule has 2 aliphatic heterocycles. The maximum Gasteiger partial charge on any atom is 0.249 e. The van der Waals surface area contributed by atoms with Crippen molar-refractivity contribution in [2.45, 2.75) is 24.5 Å². The van der Waals surface area contributed by atoms with Crippen molar-refractivity contribution in [3.8, 4) is 0 Å². The number of hydrogen-bond donors (Lipinski definition) is 1. The van der Waals surface area contributed by atoms with Crippen molar-refractivity contribution in [3.63, 3.8) is 0 Å². The molecule has 1 amide bonds. The van der Waals surface area contributed by atoms with E-state index in [1.165, 1.54) is 16.8 Å². The fourth-order valence-electron chi connectivity index (χ4n) is 4.27. The molecule has 0 radical (unpaired) electrons. The molecule has 2 aromatic carbocycles. The summed E-state index contributed by atoms with van der Waals surface area (Å²) < 4.78 is 11.0. The molecule has 1 spiro atoms. The normalized spacial score (nSPS) is 23.6. The fourth-order valence-corrected chi connectivity index (χ4v) is 4.27. The Balaban J connectivity index is 1.51. The van der Waals surface area contributed by atoms with Crippen molar-refractivity contribution < 1.29 is 14.3 Å². The van der Waals surface area contributed by atoms with Crippen LogP contribution < -0.4 is 10.2 Å². The lowest BCUT2D eigenvalue weighted by Gasteiger charge is -2.24. The molecule has 2 aromatic rings. The van der Waals surface area contributed by atoms with E-state index in [0.29, 0.717) is 26.2 Å². The Bertz CT molecular complexity index is 795. The van der Waals surface area contributed by atoms with E-state index in [4.69, 9.17) is 9.47 Å². The quantitative estimate of drug-likeness (QED) is 0.798. The summed E-state index contributed by atoms with van der Waals surface area (Å²) >= 11 is 0. The van der Waals surface area contributed by atoms with Crippen LogP contribution in [0.2, 0.25) is 0 Å². The van der Waals surface area contributed by atoms with Crippen molar-refractivity contribution in [3.05, 3.63) is 65.7 Å². The highest BCUT2D eigenvalue weighted by atomic mass is 16.5. The Kier molecular flexibility index (Phi) is 5.14. The molecule has 0 unspecified atom stereocenters. The molecule has 4 rings (SSSR count). The standard InChI is InChI=1S/C22H26N2O3/c1-26-12-11-23-21(25)20-13-22(16-27-20)15-24(14-17-7-3-2-4-8-17)19-10-6-5-9-18(19)22/h2-10,20H,11-16H2,1H3,(H,23,25)/t20-,22+/m1/s1. The predicted octanol–water partition coefficient (Wildman–Crippen LogP) is 2.50.